The van der Waals surface area contributed by atoms with Gasteiger partial charge in [-0.15, -0.1) is 0 Å². The van der Waals surface area contributed by atoms with E-state index >= 15 is 0 Å². The van der Waals surface area contributed by atoms with Gasteiger partial charge in [-0.3, -0.25) is 23.5 Å². The quantitative estimate of drug-likeness (QED) is 0.542. The number of nitrogens with zero attached hydrogens (tertiary/aromatic N) is 2. The molecular formula is C20H25N3O5. The molecule has 0 aliphatic rings. The zero-order chi connectivity index (χ0) is 20.8. The van der Waals surface area contributed by atoms with Crippen LogP contribution in [0.3, 0.4) is 0 Å². The highest BCUT2D eigenvalue weighted by Crippen LogP contribution is 2.21. The first-order chi connectivity index (χ1) is 13.3. The van der Waals surface area contributed by atoms with E-state index in [2.05, 4.69) is 0 Å². The molecule has 0 aliphatic heterocycles. The number of nitrogen functional groups attached to an aromatic ring is 1. The minimum Gasteiger partial charge on any atom is -0.457 e. The highest BCUT2D eigenvalue weighted by Gasteiger charge is 2.25. The van der Waals surface area contributed by atoms with Crippen molar-refractivity contribution in [3.63, 3.8) is 0 Å². The number of benzene rings is 1. The molecule has 0 saturated carbocycles. The predicted molar refractivity (Wildman–Crippen MR) is 105 cm³/mol. The molecule has 1 aromatic carbocycles. The number of carbonyl (C=O) groups is 2. The fraction of sp³-hybridized carbons (Fsp3) is 0.400. The molecule has 0 amide bonds. The normalized spacial score (nSPS) is 11.8. The van der Waals surface area contributed by atoms with E-state index in [0.717, 1.165) is 10.1 Å². The summed E-state index contributed by atoms with van der Waals surface area (Å²) in [6, 6.07) is 9.10. The Kier molecular flexibility index (Phi) is 6.92. The Morgan fingerprint density at radius 3 is 2.36 bits per heavy atom. The number of anilines is 1. The summed E-state index contributed by atoms with van der Waals surface area (Å²) in [5.41, 5.74) is 4.97. The summed E-state index contributed by atoms with van der Waals surface area (Å²) in [6.45, 7) is 3.33. The van der Waals surface area contributed by atoms with Crippen LogP contribution in [-0.2, 0) is 23.1 Å². The SMILES string of the molecule is CCCn1c(N)c(C(=O)COC(=O)C(CC)c2ccccc2)c(=O)n(C)c1=O. The molecule has 1 unspecified atom stereocenters. The molecule has 0 fully saturated rings. The van der Waals surface area contributed by atoms with Crippen LogP contribution in [0, 0.1) is 0 Å². The zero-order valence-corrected chi connectivity index (χ0v) is 16.3. The first kappa shape index (κ1) is 21.1. The molecule has 0 aliphatic carbocycles. The van der Waals surface area contributed by atoms with Gasteiger partial charge in [0.15, 0.2) is 6.61 Å². The van der Waals surface area contributed by atoms with Crippen LogP contribution in [0.2, 0.25) is 0 Å². The van der Waals surface area contributed by atoms with Crippen LogP contribution in [0.5, 0.6) is 0 Å². The lowest BCUT2D eigenvalue weighted by Crippen LogP contribution is -2.43. The monoisotopic (exact) mass is 387 g/mol. The van der Waals surface area contributed by atoms with Gasteiger partial charge in [-0.1, -0.05) is 44.2 Å². The molecule has 2 N–H and O–H groups in total. The number of carbonyl (C=O) groups excluding carboxylic acids is 2. The van der Waals surface area contributed by atoms with Crippen LogP contribution >= 0.6 is 0 Å². The van der Waals surface area contributed by atoms with Crippen LogP contribution in [0.4, 0.5) is 5.82 Å². The van der Waals surface area contributed by atoms with Gasteiger partial charge in [0, 0.05) is 13.6 Å². The number of hydrogen-bond donors (Lipinski definition) is 1. The zero-order valence-electron chi connectivity index (χ0n) is 16.3. The molecular weight excluding hydrogens is 362 g/mol. The average molecular weight is 387 g/mol. The van der Waals surface area contributed by atoms with Crippen molar-refractivity contribution in [2.45, 2.75) is 39.2 Å². The van der Waals surface area contributed by atoms with Crippen molar-refractivity contribution in [3.8, 4) is 0 Å². The van der Waals surface area contributed by atoms with Crippen LogP contribution in [0.15, 0.2) is 39.9 Å². The molecule has 1 heterocycles. The van der Waals surface area contributed by atoms with Gasteiger partial charge < -0.3 is 10.5 Å². The Balaban J connectivity index is 2.25. The third-order valence-corrected chi connectivity index (χ3v) is 4.55. The fourth-order valence-electron chi connectivity index (χ4n) is 3.02. The number of Topliss-reactive ketones (excluding diaryl/α,β-unsaturated/α-hetero) is 1. The number of esters is 1. The molecule has 8 nitrogen and oxygen atoms in total. The number of rotatable bonds is 8. The maximum Gasteiger partial charge on any atom is 0.332 e. The summed E-state index contributed by atoms with van der Waals surface area (Å²) in [5, 5.41) is 0. The number of ether oxygens (including phenoxy) is 1. The van der Waals surface area contributed by atoms with Gasteiger partial charge in [0.1, 0.15) is 11.4 Å². The molecule has 2 aromatic rings. The Morgan fingerprint density at radius 2 is 1.79 bits per heavy atom. The number of aromatic nitrogens is 2. The second kappa shape index (κ2) is 9.16. The van der Waals surface area contributed by atoms with E-state index in [-0.39, 0.29) is 17.9 Å². The Hall–Kier alpha value is -3.16. The Bertz CT molecular complexity index is 976. The fourth-order valence-corrected chi connectivity index (χ4v) is 3.02. The molecule has 28 heavy (non-hydrogen) atoms. The maximum atomic E-state index is 12.6. The topological polar surface area (TPSA) is 113 Å². The van der Waals surface area contributed by atoms with Gasteiger partial charge in [0.25, 0.3) is 5.56 Å². The van der Waals surface area contributed by atoms with Crippen molar-refractivity contribution in [3.05, 3.63) is 62.3 Å². The lowest BCUT2D eigenvalue weighted by molar-refractivity contribution is -0.144. The molecule has 0 spiro atoms. The van der Waals surface area contributed by atoms with Gasteiger partial charge in [-0.25, -0.2) is 4.79 Å². The van der Waals surface area contributed by atoms with Crippen LogP contribution in [-0.4, -0.2) is 27.5 Å². The van der Waals surface area contributed by atoms with E-state index < -0.39 is 35.5 Å². The average Bonchev–Trinajstić information content (AvgIpc) is 2.69. The van der Waals surface area contributed by atoms with Crippen molar-refractivity contribution in [1.29, 1.82) is 0 Å². The summed E-state index contributed by atoms with van der Waals surface area (Å²) in [6.07, 6.45) is 1.10. The molecule has 2 rings (SSSR count). The lowest BCUT2D eigenvalue weighted by atomic mass is 9.97. The predicted octanol–water partition coefficient (Wildman–Crippen LogP) is 1.46. The van der Waals surface area contributed by atoms with Crippen molar-refractivity contribution >= 4 is 17.6 Å². The highest BCUT2D eigenvalue weighted by atomic mass is 16.5. The standard InChI is InChI=1S/C20H25N3O5/c1-4-11-23-17(21)16(18(25)22(3)20(23)27)15(24)12-28-19(26)14(5-2)13-9-7-6-8-10-13/h6-10,14H,4-5,11-12,21H2,1-3H3. The minimum absolute atomic E-state index is 0.203. The van der Waals surface area contributed by atoms with Crippen LogP contribution in [0.25, 0.3) is 0 Å². The van der Waals surface area contributed by atoms with Crippen molar-refractivity contribution in [2.24, 2.45) is 7.05 Å². The molecule has 1 atom stereocenters. The van der Waals surface area contributed by atoms with E-state index in [1.54, 1.807) is 0 Å². The van der Waals surface area contributed by atoms with E-state index in [0.29, 0.717) is 12.8 Å². The van der Waals surface area contributed by atoms with Crippen molar-refractivity contribution in [2.75, 3.05) is 12.3 Å². The van der Waals surface area contributed by atoms with E-state index in [1.165, 1.54) is 11.6 Å². The largest absolute Gasteiger partial charge is 0.457 e. The van der Waals surface area contributed by atoms with Crippen LogP contribution < -0.4 is 17.0 Å². The molecule has 8 heteroatoms. The summed E-state index contributed by atoms with van der Waals surface area (Å²) in [7, 11) is 1.28. The molecule has 150 valence electrons. The highest BCUT2D eigenvalue weighted by molar-refractivity contribution is 6.01. The second-order valence-electron chi connectivity index (χ2n) is 6.46. The van der Waals surface area contributed by atoms with Gasteiger partial charge in [-0.2, -0.15) is 0 Å². The van der Waals surface area contributed by atoms with Gasteiger partial charge >= 0.3 is 11.7 Å². The molecule has 1 aromatic heterocycles. The molecule has 0 bridgehead atoms. The molecule has 0 saturated heterocycles. The smallest absolute Gasteiger partial charge is 0.332 e. The first-order valence-corrected chi connectivity index (χ1v) is 9.17. The van der Waals surface area contributed by atoms with Crippen molar-refractivity contribution < 1.29 is 14.3 Å². The Labute approximate surface area is 162 Å². The third-order valence-electron chi connectivity index (χ3n) is 4.55. The van der Waals surface area contributed by atoms with E-state index in [1.807, 2.05) is 44.2 Å². The van der Waals surface area contributed by atoms with Crippen molar-refractivity contribution in [1.82, 2.24) is 9.13 Å². The first-order valence-electron chi connectivity index (χ1n) is 9.17. The van der Waals surface area contributed by atoms with Crippen LogP contribution in [0.1, 0.15) is 48.5 Å². The summed E-state index contributed by atoms with van der Waals surface area (Å²) in [5.74, 6) is -2.01. The maximum absolute atomic E-state index is 12.6. The second-order valence-corrected chi connectivity index (χ2v) is 6.46. The number of hydrogen-bond acceptors (Lipinski definition) is 6. The number of nitrogens with two attached hydrogens (primary N) is 1. The Morgan fingerprint density at radius 1 is 1.14 bits per heavy atom. The lowest BCUT2D eigenvalue weighted by Gasteiger charge is -2.16. The van der Waals surface area contributed by atoms with Gasteiger partial charge in [-0.05, 0) is 18.4 Å². The third kappa shape index (κ3) is 4.21. The number of ketones is 1. The summed E-state index contributed by atoms with van der Waals surface area (Å²) >= 11 is 0. The van der Waals surface area contributed by atoms with E-state index in [9.17, 15) is 19.2 Å². The molecule has 0 radical (unpaired) electrons. The van der Waals surface area contributed by atoms with Gasteiger partial charge in [0.2, 0.25) is 5.78 Å². The summed E-state index contributed by atoms with van der Waals surface area (Å²) < 4.78 is 7.18. The summed E-state index contributed by atoms with van der Waals surface area (Å²) in [4.78, 5) is 49.5. The van der Waals surface area contributed by atoms with Gasteiger partial charge in [0.05, 0.1) is 5.92 Å². The van der Waals surface area contributed by atoms with E-state index in [4.69, 9.17) is 10.5 Å². The minimum atomic E-state index is -0.800.